The van der Waals surface area contributed by atoms with Crippen molar-refractivity contribution < 1.29 is 33.1 Å². The largest absolute Gasteiger partial charge is 0.460 e. The molecule has 1 aromatic heterocycles. The van der Waals surface area contributed by atoms with Crippen molar-refractivity contribution in [1.82, 2.24) is 14.8 Å². The minimum atomic E-state index is -1.24. The van der Waals surface area contributed by atoms with Crippen LogP contribution >= 0.6 is 0 Å². The number of pyridine rings is 1. The molecule has 0 aliphatic carbocycles. The van der Waals surface area contributed by atoms with E-state index in [9.17, 15) is 28.4 Å². The van der Waals surface area contributed by atoms with Crippen LogP contribution in [0.15, 0.2) is 42.7 Å². The van der Waals surface area contributed by atoms with Gasteiger partial charge < -0.3 is 4.74 Å². The number of esters is 1. The number of carbonyl (C=O) groups excluding carboxylic acids is 5. The van der Waals surface area contributed by atoms with Crippen molar-refractivity contribution in [2.75, 3.05) is 13.2 Å². The van der Waals surface area contributed by atoms with Crippen molar-refractivity contribution in [2.45, 2.75) is 18.9 Å². The minimum absolute atomic E-state index is 0.0575. The molecule has 1 aromatic carbocycles. The molecule has 158 valence electrons. The summed E-state index contributed by atoms with van der Waals surface area (Å²) in [5.41, 5.74) is -0.236. The first kappa shape index (κ1) is 20.3. The van der Waals surface area contributed by atoms with E-state index >= 15 is 0 Å². The summed E-state index contributed by atoms with van der Waals surface area (Å²) in [7, 11) is 0. The lowest BCUT2D eigenvalue weighted by molar-refractivity contribution is -0.152. The Kier molecular flexibility index (Phi) is 5.28. The maximum absolute atomic E-state index is 14.1. The van der Waals surface area contributed by atoms with E-state index in [0.717, 1.165) is 11.0 Å². The smallest absolute Gasteiger partial charge is 0.338 e. The number of carbonyl (C=O) groups is 5. The second kappa shape index (κ2) is 8.05. The Labute approximate surface area is 175 Å². The number of ether oxygens (including phenoxy) is 1. The van der Waals surface area contributed by atoms with Crippen LogP contribution in [0.2, 0.25) is 0 Å². The van der Waals surface area contributed by atoms with E-state index in [1.54, 1.807) is 0 Å². The molecule has 0 radical (unpaired) electrons. The van der Waals surface area contributed by atoms with Gasteiger partial charge in [-0.1, -0.05) is 6.07 Å². The Hall–Kier alpha value is -3.95. The summed E-state index contributed by atoms with van der Waals surface area (Å²) in [4.78, 5) is 67.8. The molecule has 10 heteroatoms. The lowest BCUT2D eigenvalue weighted by Gasteiger charge is -2.34. The Bertz CT molecular complexity index is 1100. The van der Waals surface area contributed by atoms with Crippen LogP contribution < -0.4 is 0 Å². The average molecular weight is 425 g/mol. The predicted molar refractivity (Wildman–Crippen MR) is 101 cm³/mol. The van der Waals surface area contributed by atoms with Gasteiger partial charge in [-0.25, -0.2) is 9.18 Å². The number of halogens is 1. The Morgan fingerprint density at radius 3 is 2.55 bits per heavy atom. The number of hydrogen-bond acceptors (Lipinski definition) is 7. The van der Waals surface area contributed by atoms with Crippen molar-refractivity contribution in [3.63, 3.8) is 0 Å². The van der Waals surface area contributed by atoms with Crippen molar-refractivity contribution in [3.8, 4) is 0 Å². The zero-order valence-electron chi connectivity index (χ0n) is 16.1. The van der Waals surface area contributed by atoms with Crippen molar-refractivity contribution in [2.24, 2.45) is 0 Å². The fourth-order valence-electron chi connectivity index (χ4n) is 3.64. The summed E-state index contributed by atoms with van der Waals surface area (Å²) in [6.45, 7) is -0.495. The molecule has 0 N–H and O–H groups in total. The number of piperidine rings is 1. The monoisotopic (exact) mass is 425 g/mol. The fourth-order valence-corrected chi connectivity index (χ4v) is 3.64. The molecule has 4 amide bonds. The highest BCUT2D eigenvalue weighted by Gasteiger charge is 2.47. The lowest BCUT2D eigenvalue weighted by Crippen LogP contribution is -2.56. The highest BCUT2D eigenvalue weighted by atomic mass is 19.1. The van der Waals surface area contributed by atoms with E-state index in [1.807, 2.05) is 0 Å². The van der Waals surface area contributed by atoms with Crippen molar-refractivity contribution in [1.29, 1.82) is 0 Å². The van der Waals surface area contributed by atoms with Crippen LogP contribution in [0.25, 0.3) is 0 Å². The molecular formula is C21H16FN3O6. The predicted octanol–water partition coefficient (Wildman–Crippen LogP) is 1.19. The zero-order valence-corrected chi connectivity index (χ0v) is 16.1. The second-order valence-electron chi connectivity index (χ2n) is 6.95. The van der Waals surface area contributed by atoms with Crippen LogP contribution in [0.4, 0.5) is 4.39 Å². The van der Waals surface area contributed by atoms with E-state index in [-0.39, 0.29) is 42.7 Å². The second-order valence-corrected chi connectivity index (χ2v) is 6.95. The van der Waals surface area contributed by atoms with Crippen LogP contribution in [0.5, 0.6) is 0 Å². The molecule has 2 aliphatic heterocycles. The van der Waals surface area contributed by atoms with Crippen LogP contribution in [0.3, 0.4) is 0 Å². The van der Waals surface area contributed by atoms with Gasteiger partial charge in [-0.05, 0) is 30.7 Å². The van der Waals surface area contributed by atoms with Gasteiger partial charge in [0.15, 0.2) is 0 Å². The normalized spacial score (nSPS) is 18.4. The zero-order chi connectivity index (χ0) is 22.1. The molecule has 3 heterocycles. The van der Waals surface area contributed by atoms with Crippen molar-refractivity contribution in [3.05, 3.63) is 65.2 Å². The van der Waals surface area contributed by atoms with Gasteiger partial charge in [0, 0.05) is 18.8 Å². The number of rotatable bonds is 5. The van der Waals surface area contributed by atoms with Crippen LogP contribution in [-0.2, 0) is 14.3 Å². The van der Waals surface area contributed by atoms with E-state index in [4.69, 9.17) is 4.74 Å². The molecule has 0 spiro atoms. The standard InChI is InChI=1S/C21H16FN3O6/c22-14-3-1-2-13-17(14)20(29)25(18(13)27)15-4-5-16(26)24(19(15)28)10-11-31-21(30)12-6-8-23-9-7-12/h1-3,6-9,15H,4-5,10-11H2. The molecule has 0 saturated carbocycles. The summed E-state index contributed by atoms with van der Waals surface area (Å²) in [6, 6.07) is 5.35. The van der Waals surface area contributed by atoms with E-state index in [2.05, 4.69) is 4.98 Å². The summed E-state index contributed by atoms with van der Waals surface area (Å²) >= 11 is 0. The lowest BCUT2D eigenvalue weighted by atomic mass is 10.0. The Morgan fingerprint density at radius 2 is 1.84 bits per heavy atom. The number of imide groups is 2. The molecule has 4 rings (SSSR count). The van der Waals surface area contributed by atoms with Crippen LogP contribution in [0, 0.1) is 5.82 Å². The Balaban J connectivity index is 1.46. The quantitative estimate of drug-likeness (QED) is 0.522. The number of fused-ring (bicyclic) bond motifs is 1. The number of likely N-dealkylation sites (tertiary alicyclic amines) is 1. The molecule has 1 atom stereocenters. The summed E-state index contributed by atoms with van der Waals surface area (Å²) < 4.78 is 19.2. The average Bonchev–Trinajstić information content (AvgIpc) is 3.02. The SMILES string of the molecule is O=C(OCCN1C(=O)CCC(N2C(=O)c3cccc(F)c3C2=O)C1=O)c1ccncc1. The van der Waals surface area contributed by atoms with Crippen molar-refractivity contribution >= 4 is 29.6 Å². The molecule has 1 fully saturated rings. The topological polar surface area (TPSA) is 114 Å². The fraction of sp³-hybridized carbons (Fsp3) is 0.238. The number of amides is 4. The van der Waals surface area contributed by atoms with Gasteiger partial charge in [0.1, 0.15) is 18.5 Å². The summed E-state index contributed by atoms with van der Waals surface area (Å²) in [5, 5.41) is 0. The van der Waals surface area contributed by atoms with E-state index in [0.29, 0.717) is 4.90 Å². The number of nitrogens with zero attached hydrogens (tertiary/aromatic N) is 3. The summed E-state index contributed by atoms with van der Waals surface area (Å²) in [5.74, 6) is -4.47. The maximum atomic E-state index is 14.1. The number of benzene rings is 1. The molecule has 2 aliphatic rings. The molecule has 31 heavy (non-hydrogen) atoms. The molecule has 0 bridgehead atoms. The van der Waals surface area contributed by atoms with Crippen LogP contribution in [-0.4, -0.2) is 63.6 Å². The molecule has 1 saturated heterocycles. The van der Waals surface area contributed by atoms with E-state index in [1.165, 1.54) is 36.7 Å². The van der Waals surface area contributed by atoms with Gasteiger partial charge in [0.05, 0.1) is 23.2 Å². The van der Waals surface area contributed by atoms with Gasteiger partial charge in [0.25, 0.3) is 17.7 Å². The minimum Gasteiger partial charge on any atom is -0.460 e. The molecule has 9 nitrogen and oxygen atoms in total. The maximum Gasteiger partial charge on any atom is 0.338 e. The van der Waals surface area contributed by atoms with Gasteiger partial charge in [-0.3, -0.25) is 34.0 Å². The third-order valence-corrected chi connectivity index (χ3v) is 5.16. The third kappa shape index (κ3) is 3.56. The van der Waals surface area contributed by atoms with E-state index < -0.39 is 41.5 Å². The molecule has 1 unspecified atom stereocenters. The third-order valence-electron chi connectivity index (χ3n) is 5.16. The van der Waals surface area contributed by atoms with Gasteiger partial charge >= 0.3 is 5.97 Å². The molecule has 2 aromatic rings. The summed E-state index contributed by atoms with van der Waals surface area (Å²) in [6.07, 6.45) is 2.69. The van der Waals surface area contributed by atoms with Gasteiger partial charge in [-0.2, -0.15) is 0 Å². The first-order chi connectivity index (χ1) is 14.9. The van der Waals surface area contributed by atoms with Gasteiger partial charge in [0.2, 0.25) is 5.91 Å². The number of aromatic nitrogens is 1. The Morgan fingerprint density at radius 1 is 1.10 bits per heavy atom. The number of hydrogen-bond donors (Lipinski definition) is 0. The first-order valence-corrected chi connectivity index (χ1v) is 9.48. The first-order valence-electron chi connectivity index (χ1n) is 9.48. The molecular weight excluding hydrogens is 409 g/mol. The van der Waals surface area contributed by atoms with Gasteiger partial charge in [-0.15, -0.1) is 0 Å². The highest BCUT2D eigenvalue weighted by molar-refractivity contribution is 6.23. The highest BCUT2D eigenvalue weighted by Crippen LogP contribution is 2.30. The van der Waals surface area contributed by atoms with Crippen LogP contribution in [0.1, 0.15) is 43.9 Å².